The Bertz CT molecular complexity index is 114. The maximum atomic E-state index is 10.8. The highest BCUT2D eigenvalue weighted by Gasteiger charge is 2.18. The molecular formula is C6H9IO2. The van der Waals surface area contributed by atoms with Crippen molar-refractivity contribution in [3.8, 4) is 0 Å². The normalized spacial score (nSPS) is 29.0. The lowest BCUT2D eigenvalue weighted by molar-refractivity contribution is -0.141. The number of alkyl halides is 1. The summed E-state index contributed by atoms with van der Waals surface area (Å²) >= 11 is 2.13. The molecule has 52 valence electrons. The molecule has 0 aromatic rings. The van der Waals surface area contributed by atoms with E-state index in [9.17, 15) is 4.79 Å². The number of hydrogen-bond donors (Lipinski definition) is 0. The Morgan fingerprint density at radius 3 is 3.11 bits per heavy atom. The van der Waals surface area contributed by atoms with Crippen molar-refractivity contribution in [3.05, 3.63) is 0 Å². The second-order valence-corrected chi connectivity index (χ2v) is 3.63. The van der Waals surface area contributed by atoms with Crippen molar-refractivity contribution in [2.45, 2.75) is 23.2 Å². The molecule has 0 saturated carbocycles. The van der Waals surface area contributed by atoms with Crippen LogP contribution in [0.25, 0.3) is 0 Å². The van der Waals surface area contributed by atoms with E-state index in [0.29, 0.717) is 6.61 Å². The molecule has 9 heavy (non-hydrogen) atoms. The van der Waals surface area contributed by atoms with Crippen LogP contribution in [0.1, 0.15) is 19.3 Å². The third-order valence-corrected chi connectivity index (χ3v) is 2.48. The molecular weight excluding hydrogens is 231 g/mol. The van der Waals surface area contributed by atoms with E-state index >= 15 is 0 Å². The van der Waals surface area contributed by atoms with Crippen molar-refractivity contribution >= 4 is 28.6 Å². The second kappa shape index (κ2) is 3.39. The molecule has 1 saturated heterocycles. The fourth-order valence-electron chi connectivity index (χ4n) is 0.807. The molecule has 1 aliphatic heterocycles. The number of esters is 1. The van der Waals surface area contributed by atoms with Gasteiger partial charge in [-0.3, -0.25) is 4.79 Å². The zero-order valence-electron chi connectivity index (χ0n) is 5.10. The van der Waals surface area contributed by atoms with Gasteiger partial charge >= 0.3 is 5.97 Å². The Kier molecular flexibility index (Phi) is 2.75. The molecule has 1 aliphatic rings. The Labute approximate surface area is 68.1 Å². The van der Waals surface area contributed by atoms with Gasteiger partial charge in [-0.25, -0.2) is 0 Å². The van der Waals surface area contributed by atoms with E-state index in [1.165, 1.54) is 0 Å². The van der Waals surface area contributed by atoms with E-state index in [4.69, 9.17) is 4.74 Å². The standard InChI is InChI=1S/C6H9IO2/c7-5-3-1-2-4-9-6(5)8/h5H,1-4H2. The summed E-state index contributed by atoms with van der Waals surface area (Å²) in [5.74, 6) is -0.0342. The molecule has 0 bridgehead atoms. The zero-order chi connectivity index (χ0) is 6.69. The summed E-state index contributed by atoms with van der Waals surface area (Å²) in [7, 11) is 0. The quantitative estimate of drug-likeness (QED) is 0.364. The second-order valence-electron chi connectivity index (χ2n) is 2.13. The smallest absolute Gasteiger partial charge is 0.318 e. The van der Waals surface area contributed by atoms with Gasteiger partial charge in [0.05, 0.1) is 6.61 Å². The van der Waals surface area contributed by atoms with Gasteiger partial charge in [-0.05, 0) is 19.3 Å². The zero-order valence-corrected chi connectivity index (χ0v) is 7.26. The van der Waals surface area contributed by atoms with Crippen LogP contribution in [0, 0.1) is 0 Å². The SMILES string of the molecule is O=C1OCCCCC1I. The lowest BCUT2D eigenvalue weighted by atomic mass is 10.2. The number of hydrogen-bond acceptors (Lipinski definition) is 2. The van der Waals surface area contributed by atoms with E-state index < -0.39 is 0 Å². The monoisotopic (exact) mass is 240 g/mol. The van der Waals surface area contributed by atoms with Crippen LogP contribution in [-0.4, -0.2) is 16.5 Å². The molecule has 0 aromatic carbocycles. The number of cyclic esters (lactones) is 1. The molecule has 2 nitrogen and oxygen atoms in total. The third-order valence-electron chi connectivity index (χ3n) is 1.35. The van der Waals surface area contributed by atoms with Crippen LogP contribution in [0.5, 0.6) is 0 Å². The van der Waals surface area contributed by atoms with E-state index in [0.717, 1.165) is 19.3 Å². The molecule has 0 N–H and O–H groups in total. The minimum absolute atomic E-state index is 0.0342. The van der Waals surface area contributed by atoms with Crippen LogP contribution < -0.4 is 0 Å². The first-order chi connectivity index (χ1) is 4.30. The van der Waals surface area contributed by atoms with E-state index in [2.05, 4.69) is 22.6 Å². The largest absolute Gasteiger partial charge is 0.465 e. The van der Waals surface area contributed by atoms with Crippen LogP contribution in [0.4, 0.5) is 0 Å². The highest BCUT2D eigenvalue weighted by Crippen LogP contribution is 2.15. The van der Waals surface area contributed by atoms with Gasteiger partial charge in [-0.1, -0.05) is 22.6 Å². The highest BCUT2D eigenvalue weighted by atomic mass is 127. The van der Waals surface area contributed by atoms with Gasteiger partial charge in [0.2, 0.25) is 0 Å². The maximum absolute atomic E-state index is 10.8. The van der Waals surface area contributed by atoms with Gasteiger partial charge in [-0.2, -0.15) is 0 Å². The van der Waals surface area contributed by atoms with Crippen LogP contribution in [0.2, 0.25) is 0 Å². The topological polar surface area (TPSA) is 26.3 Å². The number of halogens is 1. The van der Waals surface area contributed by atoms with Crippen molar-refractivity contribution in [2.75, 3.05) is 6.61 Å². The minimum atomic E-state index is -0.0342. The molecule has 0 radical (unpaired) electrons. The maximum Gasteiger partial charge on any atom is 0.318 e. The summed E-state index contributed by atoms with van der Waals surface area (Å²) < 4.78 is 4.97. The number of rotatable bonds is 0. The molecule has 0 amide bonds. The molecule has 0 spiro atoms. The summed E-state index contributed by atoms with van der Waals surface area (Å²) in [6.45, 7) is 0.623. The first-order valence-corrected chi connectivity index (χ1v) is 4.36. The fourth-order valence-corrected chi connectivity index (χ4v) is 1.43. The molecule has 3 heteroatoms. The van der Waals surface area contributed by atoms with Gasteiger partial charge in [-0.15, -0.1) is 0 Å². The van der Waals surface area contributed by atoms with Crippen molar-refractivity contribution in [1.29, 1.82) is 0 Å². The summed E-state index contributed by atoms with van der Waals surface area (Å²) in [4.78, 5) is 10.8. The molecule has 0 aromatic heterocycles. The van der Waals surface area contributed by atoms with Crippen molar-refractivity contribution in [1.82, 2.24) is 0 Å². The average Bonchev–Trinajstić information content (AvgIpc) is 1.99. The average molecular weight is 240 g/mol. The highest BCUT2D eigenvalue weighted by molar-refractivity contribution is 14.1. The first-order valence-electron chi connectivity index (χ1n) is 3.11. The fraction of sp³-hybridized carbons (Fsp3) is 0.833. The Morgan fingerprint density at radius 1 is 1.56 bits per heavy atom. The Morgan fingerprint density at radius 2 is 2.33 bits per heavy atom. The van der Waals surface area contributed by atoms with Crippen molar-refractivity contribution in [2.24, 2.45) is 0 Å². The number of ether oxygens (including phenoxy) is 1. The first kappa shape index (κ1) is 7.31. The molecule has 1 heterocycles. The lowest BCUT2D eigenvalue weighted by Crippen LogP contribution is -2.13. The van der Waals surface area contributed by atoms with Crippen LogP contribution in [0.15, 0.2) is 0 Å². The summed E-state index contributed by atoms with van der Waals surface area (Å²) in [5, 5.41) is 0. The number of carbonyl (C=O) groups is 1. The molecule has 1 atom stereocenters. The molecule has 1 rings (SSSR count). The van der Waals surface area contributed by atoms with Gasteiger partial charge in [0.25, 0.3) is 0 Å². The van der Waals surface area contributed by atoms with Gasteiger partial charge in [0, 0.05) is 0 Å². The summed E-state index contributed by atoms with van der Waals surface area (Å²) in [5.41, 5.74) is 0. The predicted molar refractivity (Wildman–Crippen MR) is 42.6 cm³/mol. The van der Waals surface area contributed by atoms with Crippen molar-refractivity contribution < 1.29 is 9.53 Å². The van der Waals surface area contributed by atoms with Gasteiger partial charge in [0.1, 0.15) is 3.92 Å². The molecule has 0 aliphatic carbocycles. The minimum Gasteiger partial charge on any atom is -0.465 e. The van der Waals surface area contributed by atoms with Gasteiger partial charge in [0.15, 0.2) is 0 Å². The van der Waals surface area contributed by atoms with Crippen LogP contribution in [-0.2, 0) is 9.53 Å². The Balaban J connectivity index is 2.41. The van der Waals surface area contributed by atoms with Crippen molar-refractivity contribution in [3.63, 3.8) is 0 Å². The predicted octanol–water partition coefficient (Wildman–Crippen LogP) is 1.52. The molecule has 1 unspecified atom stereocenters. The third kappa shape index (κ3) is 2.12. The lowest BCUT2D eigenvalue weighted by Gasteiger charge is -2.01. The summed E-state index contributed by atoms with van der Waals surface area (Å²) in [6.07, 6.45) is 3.14. The van der Waals surface area contributed by atoms with Gasteiger partial charge < -0.3 is 4.74 Å². The van der Waals surface area contributed by atoms with E-state index in [1.54, 1.807) is 0 Å². The van der Waals surface area contributed by atoms with Crippen LogP contribution >= 0.6 is 22.6 Å². The summed E-state index contributed by atoms with van der Waals surface area (Å²) in [6, 6.07) is 0. The van der Waals surface area contributed by atoms with E-state index in [1.807, 2.05) is 0 Å². The van der Waals surface area contributed by atoms with E-state index in [-0.39, 0.29) is 9.89 Å². The number of carbonyl (C=O) groups excluding carboxylic acids is 1. The van der Waals surface area contributed by atoms with Crippen LogP contribution in [0.3, 0.4) is 0 Å². The Hall–Kier alpha value is 0.200. The molecule has 1 fully saturated rings.